The Hall–Kier alpha value is -3.65. The van der Waals surface area contributed by atoms with Gasteiger partial charge in [-0.05, 0) is 61.6 Å². The molecule has 1 aliphatic carbocycles. The first-order valence-electron chi connectivity index (χ1n) is 13.2. The van der Waals surface area contributed by atoms with Crippen molar-refractivity contribution in [2.24, 2.45) is 17.8 Å². The van der Waals surface area contributed by atoms with Crippen LogP contribution in [0.5, 0.6) is 5.88 Å². The minimum atomic E-state index is -0.525. The molecule has 4 atom stereocenters. The van der Waals surface area contributed by atoms with Crippen LogP contribution in [-0.2, 0) is 0 Å². The Morgan fingerprint density at radius 2 is 1.97 bits per heavy atom. The Kier molecular flexibility index (Phi) is 6.43. The monoisotopic (exact) mass is 528 g/mol. The number of carbonyl (C=O) groups is 2. The van der Waals surface area contributed by atoms with Crippen molar-refractivity contribution in [2.45, 2.75) is 39.7 Å². The predicted octanol–water partition coefficient (Wildman–Crippen LogP) is 5.95. The van der Waals surface area contributed by atoms with E-state index < -0.39 is 6.09 Å². The molecule has 0 spiro atoms. The molecule has 1 saturated carbocycles. The van der Waals surface area contributed by atoms with E-state index in [2.05, 4.69) is 42.3 Å². The molecule has 2 aliphatic rings. The van der Waals surface area contributed by atoms with Gasteiger partial charge in [0.1, 0.15) is 5.69 Å². The van der Waals surface area contributed by atoms with Gasteiger partial charge in [-0.15, -0.1) is 11.3 Å². The lowest BCUT2D eigenvalue weighted by Crippen LogP contribution is -2.46. The van der Waals surface area contributed by atoms with E-state index >= 15 is 0 Å². The van der Waals surface area contributed by atoms with Crippen LogP contribution in [0.15, 0.2) is 60.1 Å². The van der Waals surface area contributed by atoms with Crippen molar-refractivity contribution in [3.8, 4) is 17.0 Å². The third kappa shape index (κ3) is 4.47. The van der Waals surface area contributed by atoms with Crippen LogP contribution in [0.25, 0.3) is 16.1 Å². The van der Waals surface area contributed by atoms with Gasteiger partial charge in [0.05, 0.1) is 6.04 Å². The molecule has 4 aromatic rings. The Morgan fingerprint density at radius 1 is 1.13 bits per heavy atom. The second-order valence-electron chi connectivity index (χ2n) is 10.8. The van der Waals surface area contributed by atoms with Crippen LogP contribution in [0.3, 0.4) is 0 Å². The average Bonchev–Trinajstić information content (AvgIpc) is 3.65. The molecule has 2 aromatic carbocycles. The fourth-order valence-corrected chi connectivity index (χ4v) is 7.19. The normalized spacial score (nSPS) is 22.6. The second-order valence-corrected chi connectivity index (χ2v) is 11.6. The van der Waals surface area contributed by atoms with Crippen molar-refractivity contribution in [2.75, 3.05) is 13.1 Å². The van der Waals surface area contributed by atoms with Gasteiger partial charge in [-0.3, -0.25) is 9.20 Å². The number of nitrogens with zero attached hydrogens (tertiary/aromatic N) is 3. The van der Waals surface area contributed by atoms with Crippen LogP contribution in [-0.4, -0.2) is 45.4 Å². The molecule has 8 heteroatoms. The topological polar surface area (TPSA) is 75.9 Å². The standard InChI is InChI=1S/C30H32N4O3S/c1-18-7-6-8-21(13-18)23-9-4-5-10-24(23)27(35)34-17-22-14-19(2)15-25(22)26(34)16-31-30(36)37-28-20(3)32-29-33(28)11-12-38-29/h4-13,19,22,25-26H,14-17H2,1-3H3,(H,31,36)/t19?,22-,25-,26+/m0/s1. The molecule has 38 heavy (non-hydrogen) atoms. The van der Waals surface area contributed by atoms with Gasteiger partial charge >= 0.3 is 6.09 Å². The maximum atomic E-state index is 14.1. The smallest absolute Gasteiger partial charge is 0.391 e. The van der Waals surface area contributed by atoms with Gasteiger partial charge < -0.3 is 15.0 Å². The minimum Gasteiger partial charge on any atom is -0.391 e. The first-order chi connectivity index (χ1) is 18.4. The van der Waals surface area contributed by atoms with Crippen LogP contribution in [0.4, 0.5) is 4.79 Å². The van der Waals surface area contributed by atoms with Gasteiger partial charge in [0.15, 0.2) is 4.96 Å². The molecular weight excluding hydrogens is 496 g/mol. The average molecular weight is 529 g/mol. The van der Waals surface area contributed by atoms with E-state index in [4.69, 9.17) is 4.74 Å². The molecule has 0 bridgehead atoms. The summed E-state index contributed by atoms with van der Waals surface area (Å²) in [4.78, 5) is 34.2. The van der Waals surface area contributed by atoms with E-state index in [1.54, 1.807) is 4.40 Å². The number of benzene rings is 2. The van der Waals surface area contributed by atoms with Gasteiger partial charge in [0.2, 0.25) is 5.88 Å². The van der Waals surface area contributed by atoms with Crippen LogP contribution < -0.4 is 10.1 Å². The highest BCUT2D eigenvalue weighted by Gasteiger charge is 2.48. The van der Waals surface area contributed by atoms with E-state index in [-0.39, 0.29) is 11.9 Å². The quantitative estimate of drug-likeness (QED) is 0.347. The van der Waals surface area contributed by atoms with Gasteiger partial charge in [0.25, 0.3) is 5.91 Å². The molecule has 1 unspecified atom stereocenters. The summed E-state index contributed by atoms with van der Waals surface area (Å²) in [5, 5.41) is 4.88. The van der Waals surface area contributed by atoms with Crippen molar-refractivity contribution in [3.63, 3.8) is 0 Å². The van der Waals surface area contributed by atoms with Gasteiger partial charge in [-0.1, -0.05) is 55.0 Å². The third-order valence-electron chi connectivity index (χ3n) is 8.08. The molecule has 1 aliphatic heterocycles. The van der Waals surface area contributed by atoms with Crippen LogP contribution in [0.2, 0.25) is 0 Å². The van der Waals surface area contributed by atoms with E-state index in [1.807, 2.05) is 53.7 Å². The predicted molar refractivity (Wildman–Crippen MR) is 149 cm³/mol. The number of fused-ring (bicyclic) bond motifs is 2. The summed E-state index contributed by atoms with van der Waals surface area (Å²) in [5.41, 5.74) is 4.50. The van der Waals surface area contributed by atoms with Gasteiger partial charge in [-0.25, -0.2) is 9.78 Å². The summed E-state index contributed by atoms with van der Waals surface area (Å²) in [5.74, 6) is 1.89. The number of likely N-dealkylation sites (tertiary alicyclic amines) is 1. The number of amides is 2. The SMILES string of the molecule is Cc1cccc(-c2ccccc2C(=O)N2C[C@@H]3CC(C)C[C@@H]3[C@H]2CNC(=O)Oc2c(C)nc3sccn23)c1. The molecule has 3 heterocycles. The first kappa shape index (κ1) is 24.7. The molecule has 1 N–H and O–H groups in total. The summed E-state index contributed by atoms with van der Waals surface area (Å²) >= 11 is 1.49. The number of ether oxygens (including phenoxy) is 1. The molecule has 1 saturated heterocycles. The lowest BCUT2D eigenvalue weighted by molar-refractivity contribution is 0.0707. The van der Waals surface area contributed by atoms with Crippen molar-refractivity contribution in [1.29, 1.82) is 0 Å². The number of rotatable bonds is 5. The number of carbonyl (C=O) groups excluding carboxylic acids is 2. The van der Waals surface area contributed by atoms with E-state index in [0.717, 1.165) is 34.5 Å². The molecule has 196 valence electrons. The number of aryl methyl sites for hydroxylation is 2. The number of thiazole rings is 1. The highest BCUT2D eigenvalue weighted by atomic mass is 32.1. The summed E-state index contributed by atoms with van der Waals surface area (Å²) in [6, 6.07) is 16.0. The Labute approximate surface area is 226 Å². The lowest BCUT2D eigenvalue weighted by atomic mass is 9.93. The lowest BCUT2D eigenvalue weighted by Gasteiger charge is -2.29. The third-order valence-corrected chi connectivity index (χ3v) is 8.84. The molecule has 2 fully saturated rings. The summed E-state index contributed by atoms with van der Waals surface area (Å²) in [6.45, 7) is 7.25. The van der Waals surface area contributed by atoms with Gasteiger partial charge in [0, 0.05) is 30.2 Å². The molecule has 0 radical (unpaired) electrons. The maximum Gasteiger partial charge on any atom is 0.414 e. The Morgan fingerprint density at radius 3 is 2.82 bits per heavy atom. The first-order valence-corrected chi connectivity index (χ1v) is 14.1. The minimum absolute atomic E-state index is 0.0240. The van der Waals surface area contributed by atoms with Crippen molar-refractivity contribution in [3.05, 3.63) is 76.9 Å². The molecular formula is C30H32N4O3S. The fraction of sp³-hybridized carbons (Fsp3) is 0.367. The van der Waals surface area contributed by atoms with E-state index in [9.17, 15) is 9.59 Å². The number of imidazole rings is 1. The number of hydrogen-bond acceptors (Lipinski definition) is 5. The molecule has 6 rings (SSSR count). The Bertz CT molecular complexity index is 1510. The highest BCUT2D eigenvalue weighted by molar-refractivity contribution is 7.15. The van der Waals surface area contributed by atoms with Crippen molar-refractivity contribution in [1.82, 2.24) is 19.6 Å². The molecule has 2 amide bonds. The number of hydrogen-bond donors (Lipinski definition) is 1. The van der Waals surface area contributed by atoms with Crippen LogP contribution in [0.1, 0.15) is 41.4 Å². The van der Waals surface area contributed by atoms with Crippen LogP contribution >= 0.6 is 11.3 Å². The zero-order valence-corrected chi connectivity index (χ0v) is 22.7. The van der Waals surface area contributed by atoms with Gasteiger partial charge in [-0.2, -0.15) is 0 Å². The van der Waals surface area contributed by atoms with Crippen molar-refractivity contribution < 1.29 is 14.3 Å². The van der Waals surface area contributed by atoms with Crippen LogP contribution in [0, 0.1) is 31.6 Å². The largest absolute Gasteiger partial charge is 0.414 e. The Balaban J connectivity index is 1.23. The van der Waals surface area contributed by atoms with E-state index in [1.165, 1.54) is 11.3 Å². The van der Waals surface area contributed by atoms with Crippen molar-refractivity contribution >= 4 is 28.3 Å². The zero-order chi connectivity index (χ0) is 26.4. The molecule has 2 aromatic heterocycles. The number of nitrogens with one attached hydrogen (secondary N) is 1. The summed E-state index contributed by atoms with van der Waals surface area (Å²) in [7, 11) is 0. The highest BCUT2D eigenvalue weighted by Crippen LogP contribution is 2.45. The zero-order valence-electron chi connectivity index (χ0n) is 21.9. The van der Waals surface area contributed by atoms with E-state index in [0.29, 0.717) is 48.0 Å². The summed E-state index contributed by atoms with van der Waals surface area (Å²) < 4.78 is 7.45. The fourth-order valence-electron chi connectivity index (χ4n) is 6.44. The maximum absolute atomic E-state index is 14.1. The summed E-state index contributed by atoms with van der Waals surface area (Å²) in [6.07, 6.45) is 3.49. The number of aromatic nitrogens is 2. The molecule has 7 nitrogen and oxygen atoms in total. The second kappa shape index (κ2) is 9.91.